The van der Waals surface area contributed by atoms with Gasteiger partial charge in [-0.1, -0.05) is 22.9 Å². The number of piperazine rings is 1. The van der Waals surface area contributed by atoms with Crippen LogP contribution in [0.4, 0.5) is 5.13 Å². The number of thioether (sulfide) groups is 1. The van der Waals surface area contributed by atoms with Gasteiger partial charge in [0.25, 0.3) is 0 Å². The highest BCUT2D eigenvalue weighted by Gasteiger charge is 2.20. The Morgan fingerprint density at radius 2 is 1.97 bits per heavy atom. The Bertz CT molecular complexity index is 1040. The van der Waals surface area contributed by atoms with Gasteiger partial charge in [-0.15, -0.1) is 11.8 Å². The Hall–Kier alpha value is -2.00. The highest BCUT2D eigenvalue weighted by atomic mass is 35.5. The maximum Gasteiger partial charge on any atom is 0.230 e. The molecular weight excluding hydrogens is 464 g/mol. The second-order valence-electron chi connectivity index (χ2n) is 7.48. The number of hydrogen-bond acceptors (Lipinski definition) is 7. The fourth-order valence-corrected chi connectivity index (χ4v) is 5.43. The van der Waals surface area contributed by atoms with E-state index in [2.05, 4.69) is 21.2 Å². The molecule has 0 bridgehead atoms. The minimum Gasteiger partial charge on any atom is -0.494 e. The average Bonchev–Trinajstić information content (AvgIpc) is 3.23. The van der Waals surface area contributed by atoms with Crippen molar-refractivity contribution < 1.29 is 9.53 Å². The highest BCUT2D eigenvalue weighted by molar-refractivity contribution is 8.00. The van der Waals surface area contributed by atoms with Crippen LogP contribution < -0.4 is 15.0 Å². The number of aromatic nitrogens is 1. The van der Waals surface area contributed by atoms with Gasteiger partial charge in [-0.25, -0.2) is 4.98 Å². The maximum atomic E-state index is 12.1. The molecule has 1 amide bonds. The number of hydrogen-bond donors (Lipinski definition) is 1. The van der Waals surface area contributed by atoms with Crippen LogP contribution in [0.3, 0.4) is 0 Å². The van der Waals surface area contributed by atoms with Crippen LogP contribution in [-0.4, -0.2) is 67.4 Å². The van der Waals surface area contributed by atoms with E-state index in [-0.39, 0.29) is 5.91 Å². The van der Waals surface area contributed by atoms with Crippen molar-refractivity contribution in [1.82, 2.24) is 15.2 Å². The Balaban J connectivity index is 1.17. The number of carbonyl (C=O) groups excluding carboxylic acids is 1. The van der Waals surface area contributed by atoms with Crippen LogP contribution in [0, 0.1) is 0 Å². The third kappa shape index (κ3) is 6.28. The lowest BCUT2D eigenvalue weighted by molar-refractivity contribution is -0.118. The minimum absolute atomic E-state index is 0.0597. The topological polar surface area (TPSA) is 57.7 Å². The molecule has 0 atom stereocenters. The lowest BCUT2D eigenvalue weighted by Crippen LogP contribution is -2.48. The number of ether oxygens (including phenoxy) is 1. The SMILES string of the molecule is CCOc1ccc2nc(N3CCN(CCNC(=O)CSc4ccc(Cl)cc4)CC3)sc2c1. The molecule has 6 nitrogen and oxygen atoms in total. The van der Waals surface area contributed by atoms with Crippen LogP contribution in [0.25, 0.3) is 10.2 Å². The number of thiazole rings is 1. The van der Waals surface area contributed by atoms with Gasteiger partial charge in [-0.05, 0) is 49.4 Å². The molecule has 1 fully saturated rings. The summed E-state index contributed by atoms with van der Waals surface area (Å²) in [6.07, 6.45) is 0. The van der Waals surface area contributed by atoms with Crippen molar-refractivity contribution in [2.75, 3.05) is 56.5 Å². The Morgan fingerprint density at radius 3 is 2.72 bits per heavy atom. The number of nitrogens with one attached hydrogen (secondary N) is 1. The average molecular weight is 491 g/mol. The second kappa shape index (κ2) is 11.2. The number of nitrogens with zero attached hydrogens (tertiary/aromatic N) is 3. The van der Waals surface area contributed by atoms with Gasteiger partial charge in [0.15, 0.2) is 5.13 Å². The lowest BCUT2D eigenvalue weighted by atomic mass is 10.3. The van der Waals surface area contributed by atoms with Crippen molar-refractivity contribution in [1.29, 1.82) is 0 Å². The molecule has 1 aromatic heterocycles. The quantitative estimate of drug-likeness (QED) is 0.449. The summed E-state index contributed by atoms with van der Waals surface area (Å²) >= 11 is 9.13. The van der Waals surface area contributed by atoms with Crippen LogP contribution in [0.1, 0.15) is 6.92 Å². The molecule has 2 aromatic carbocycles. The van der Waals surface area contributed by atoms with Gasteiger partial charge >= 0.3 is 0 Å². The second-order valence-corrected chi connectivity index (χ2v) is 9.97. The summed E-state index contributed by atoms with van der Waals surface area (Å²) in [5, 5.41) is 4.80. The number of halogens is 1. The number of benzene rings is 2. The highest BCUT2D eigenvalue weighted by Crippen LogP contribution is 2.32. The molecular formula is C23H27ClN4O2S2. The van der Waals surface area contributed by atoms with Gasteiger partial charge in [-0.2, -0.15) is 0 Å². The van der Waals surface area contributed by atoms with Crippen molar-refractivity contribution in [2.45, 2.75) is 11.8 Å². The molecule has 4 rings (SSSR count). The Morgan fingerprint density at radius 1 is 1.19 bits per heavy atom. The van der Waals surface area contributed by atoms with Gasteiger partial charge in [-0.3, -0.25) is 9.69 Å². The van der Waals surface area contributed by atoms with Gasteiger partial charge < -0.3 is 15.0 Å². The van der Waals surface area contributed by atoms with Crippen LogP contribution in [0.5, 0.6) is 5.75 Å². The Labute approximate surface area is 201 Å². The molecule has 0 spiro atoms. The van der Waals surface area contributed by atoms with E-state index in [1.807, 2.05) is 43.3 Å². The molecule has 170 valence electrons. The summed E-state index contributed by atoms with van der Waals surface area (Å²) in [5.41, 5.74) is 1.02. The summed E-state index contributed by atoms with van der Waals surface area (Å²) in [4.78, 5) is 22.7. The fourth-order valence-electron chi connectivity index (χ4n) is 3.53. The van der Waals surface area contributed by atoms with E-state index < -0.39 is 0 Å². The molecule has 2 heterocycles. The molecule has 0 unspecified atom stereocenters. The van der Waals surface area contributed by atoms with E-state index in [9.17, 15) is 4.79 Å². The van der Waals surface area contributed by atoms with Gasteiger partial charge in [0, 0.05) is 49.2 Å². The number of fused-ring (bicyclic) bond motifs is 1. The first-order valence-electron chi connectivity index (χ1n) is 10.8. The van der Waals surface area contributed by atoms with Crippen molar-refractivity contribution >= 4 is 56.0 Å². The van der Waals surface area contributed by atoms with Crippen molar-refractivity contribution in [3.63, 3.8) is 0 Å². The predicted octanol–water partition coefficient (Wildman–Crippen LogP) is 4.38. The number of anilines is 1. The third-order valence-corrected chi connectivity index (χ3v) is 7.58. The summed E-state index contributed by atoms with van der Waals surface area (Å²) in [5.74, 6) is 1.37. The number of amides is 1. The zero-order chi connectivity index (χ0) is 22.3. The van der Waals surface area contributed by atoms with E-state index in [0.717, 1.165) is 58.7 Å². The van der Waals surface area contributed by atoms with Crippen LogP contribution in [0.15, 0.2) is 47.4 Å². The maximum absolute atomic E-state index is 12.1. The van der Waals surface area contributed by atoms with Crippen LogP contribution in [-0.2, 0) is 4.79 Å². The first-order valence-corrected chi connectivity index (χ1v) is 12.9. The molecule has 0 aliphatic carbocycles. The van der Waals surface area contributed by atoms with E-state index in [1.54, 1.807) is 11.3 Å². The monoisotopic (exact) mass is 490 g/mol. The molecule has 1 saturated heterocycles. The lowest BCUT2D eigenvalue weighted by Gasteiger charge is -2.34. The van der Waals surface area contributed by atoms with Crippen LogP contribution >= 0.6 is 34.7 Å². The first kappa shape index (κ1) is 23.2. The summed E-state index contributed by atoms with van der Waals surface area (Å²) in [7, 11) is 0. The summed E-state index contributed by atoms with van der Waals surface area (Å²) in [6.45, 7) is 8.01. The van der Waals surface area contributed by atoms with Gasteiger partial charge in [0.2, 0.25) is 5.91 Å². The molecule has 1 N–H and O–H groups in total. The van der Waals surface area contributed by atoms with E-state index in [4.69, 9.17) is 21.3 Å². The standard InChI is InChI=1S/C23H27ClN4O2S2/c1-2-30-18-5-8-20-21(15-18)32-23(26-20)28-13-11-27(12-14-28)10-9-25-22(29)16-31-19-6-3-17(24)4-7-19/h3-8,15H,2,9-14,16H2,1H3,(H,25,29). The normalized spacial score (nSPS) is 14.6. The predicted molar refractivity (Wildman–Crippen MR) is 135 cm³/mol. The minimum atomic E-state index is 0.0597. The third-order valence-electron chi connectivity index (χ3n) is 5.24. The zero-order valence-electron chi connectivity index (χ0n) is 18.1. The number of carbonyl (C=O) groups is 1. The zero-order valence-corrected chi connectivity index (χ0v) is 20.4. The van der Waals surface area contributed by atoms with E-state index in [0.29, 0.717) is 23.9 Å². The largest absolute Gasteiger partial charge is 0.494 e. The van der Waals surface area contributed by atoms with E-state index in [1.165, 1.54) is 11.8 Å². The molecule has 0 radical (unpaired) electrons. The first-order chi connectivity index (χ1) is 15.6. The fraction of sp³-hybridized carbons (Fsp3) is 0.391. The van der Waals surface area contributed by atoms with Crippen molar-refractivity contribution in [3.05, 3.63) is 47.5 Å². The van der Waals surface area contributed by atoms with Crippen molar-refractivity contribution in [3.8, 4) is 5.75 Å². The number of rotatable bonds is 9. The smallest absolute Gasteiger partial charge is 0.230 e. The van der Waals surface area contributed by atoms with Crippen LogP contribution in [0.2, 0.25) is 5.02 Å². The Kier molecular flexibility index (Phi) is 8.13. The molecule has 1 aliphatic heterocycles. The molecule has 32 heavy (non-hydrogen) atoms. The molecule has 9 heteroatoms. The van der Waals surface area contributed by atoms with Gasteiger partial charge in [0.1, 0.15) is 5.75 Å². The van der Waals surface area contributed by atoms with Crippen molar-refractivity contribution in [2.24, 2.45) is 0 Å². The molecule has 3 aromatic rings. The molecule has 0 saturated carbocycles. The summed E-state index contributed by atoms with van der Waals surface area (Å²) in [6, 6.07) is 13.6. The summed E-state index contributed by atoms with van der Waals surface area (Å²) < 4.78 is 6.76. The van der Waals surface area contributed by atoms with E-state index >= 15 is 0 Å². The van der Waals surface area contributed by atoms with Gasteiger partial charge in [0.05, 0.1) is 22.6 Å². The molecule has 1 aliphatic rings.